The molecule has 0 bridgehead atoms. The summed E-state index contributed by atoms with van der Waals surface area (Å²) in [5.41, 5.74) is 1.22. The molecule has 5 nitrogen and oxygen atoms in total. The van der Waals surface area contributed by atoms with Gasteiger partial charge in [-0.25, -0.2) is 4.68 Å². The van der Waals surface area contributed by atoms with Crippen LogP contribution in [0.5, 0.6) is 5.75 Å². The van der Waals surface area contributed by atoms with Crippen molar-refractivity contribution in [1.29, 1.82) is 0 Å². The molecule has 11 heavy (non-hydrogen) atoms. The second-order valence-electron chi connectivity index (χ2n) is 2.24. The van der Waals surface area contributed by atoms with Gasteiger partial charge in [0, 0.05) is 7.05 Å². The highest BCUT2D eigenvalue weighted by molar-refractivity contribution is 5.78. The SMILES string of the molecule is Cn1nnc2c(O)cncc21. The molecule has 0 spiro atoms. The highest BCUT2D eigenvalue weighted by Gasteiger charge is 2.04. The molecule has 2 aromatic rings. The lowest BCUT2D eigenvalue weighted by Crippen LogP contribution is -1.89. The minimum Gasteiger partial charge on any atom is -0.504 e. The number of aromatic hydroxyl groups is 1. The molecule has 0 aliphatic heterocycles. The van der Waals surface area contributed by atoms with E-state index in [2.05, 4.69) is 15.3 Å². The van der Waals surface area contributed by atoms with Crippen molar-refractivity contribution in [2.24, 2.45) is 7.05 Å². The Balaban J connectivity index is 2.94. The lowest BCUT2D eigenvalue weighted by atomic mass is 10.4. The third-order valence-corrected chi connectivity index (χ3v) is 1.51. The summed E-state index contributed by atoms with van der Waals surface area (Å²) in [6.45, 7) is 0. The summed E-state index contributed by atoms with van der Waals surface area (Å²) in [5, 5.41) is 16.7. The van der Waals surface area contributed by atoms with E-state index in [1.165, 1.54) is 6.20 Å². The number of aromatic nitrogens is 4. The van der Waals surface area contributed by atoms with Gasteiger partial charge >= 0.3 is 0 Å². The van der Waals surface area contributed by atoms with E-state index in [1.807, 2.05) is 0 Å². The molecule has 56 valence electrons. The number of nitrogens with zero attached hydrogens (tertiary/aromatic N) is 4. The molecule has 0 aliphatic carbocycles. The highest BCUT2D eigenvalue weighted by Crippen LogP contribution is 2.18. The average Bonchev–Trinajstić information content (AvgIpc) is 2.35. The summed E-state index contributed by atoms with van der Waals surface area (Å²) in [5.74, 6) is 0.0654. The van der Waals surface area contributed by atoms with Crippen molar-refractivity contribution < 1.29 is 5.11 Å². The maximum absolute atomic E-state index is 9.21. The Kier molecular flexibility index (Phi) is 1.06. The highest BCUT2D eigenvalue weighted by atomic mass is 16.3. The van der Waals surface area contributed by atoms with Crippen LogP contribution in [0.15, 0.2) is 12.4 Å². The Bertz CT molecular complexity index is 394. The van der Waals surface area contributed by atoms with Crippen molar-refractivity contribution in [2.45, 2.75) is 0 Å². The number of fused-ring (bicyclic) bond motifs is 1. The smallest absolute Gasteiger partial charge is 0.163 e. The summed E-state index contributed by atoms with van der Waals surface area (Å²) in [6.07, 6.45) is 2.95. The summed E-state index contributed by atoms with van der Waals surface area (Å²) >= 11 is 0. The Morgan fingerprint density at radius 1 is 1.45 bits per heavy atom. The van der Waals surface area contributed by atoms with Crippen LogP contribution < -0.4 is 0 Å². The van der Waals surface area contributed by atoms with E-state index >= 15 is 0 Å². The average molecular weight is 150 g/mol. The molecule has 0 saturated heterocycles. The third kappa shape index (κ3) is 0.739. The zero-order chi connectivity index (χ0) is 7.84. The molecule has 1 N–H and O–H groups in total. The van der Waals surface area contributed by atoms with Gasteiger partial charge in [-0.1, -0.05) is 5.21 Å². The fourth-order valence-corrected chi connectivity index (χ4v) is 0.931. The molecule has 0 radical (unpaired) electrons. The second-order valence-corrected chi connectivity index (χ2v) is 2.24. The number of pyridine rings is 1. The standard InChI is InChI=1S/C6H6N4O/c1-10-4-2-7-3-5(11)6(4)8-9-10/h2-3,11H,1H3. The van der Waals surface area contributed by atoms with Gasteiger partial charge in [-0.05, 0) is 0 Å². The van der Waals surface area contributed by atoms with Crippen molar-refractivity contribution in [3.63, 3.8) is 0 Å². The molecular weight excluding hydrogens is 144 g/mol. The second kappa shape index (κ2) is 1.91. The van der Waals surface area contributed by atoms with Crippen molar-refractivity contribution in [2.75, 3.05) is 0 Å². The summed E-state index contributed by atoms with van der Waals surface area (Å²) in [4.78, 5) is 3.79. The lowest BCUT2D eigenvalue weighted by Gasteiger charge is -1.91. The van der Waals surface area contributed by atoms with Gasteiger partial charge in [0.25, 0.3) is 0 Å². The summed E-state index contributed by atoms with van der Waals surface area (Å²) in [6, 6.07) is 0. The van der Waals surface area contributed by atoms with Gasteiger partial charge in [0.1, 0.15) is 5.52 Å². The minimum absolute atomic E-state index is 0.0654. The topological polar surface area (TPSA) is 63.8 Å². The zero-order valence-electron chi connectivity index (χ0n) is 5.89. The number of rotatable bonds is 0. The molecule has 0 saturated carbocycles. The van der Waals surface area contributed by atoms with Crippen LogP contribution in [0.25, 0.3) is 11.0 Å². The van der Waals surface area contributed by atoms with Crippen LogP contribution in [-0.2, 0) is 7.05 Å². The molecule has 0 amide bonds. The fraction of sp³-hybridized carbons (Fsp3) is 0.167. The van der Waals surface area contributed by atoms with Gasteiger partial charge in [0.2, 0.25) is 0 Å². The molecule has 0 aromatic carbocycles. The van der Waals surface area contributed by atoms with E-state index in [0.717, 1.165) is 5.52 Å². The molecule has 0 fully saturated rings. The first-order chi connectivity index (χ1) is 5.29. The van der Waals surface area contributed by atoms with Crippen molar-refractivity contribution in [3.05, 3.63) is 12.4 Å². The summed E-state index contributed by atoms with van der Waals surface area (Å²) < 4.78 is 1.56. The lowest BCUT2D eigenvalue weighted by molar-refractivity contribution is 0.478. The monoisotopic (exact) mass is 150 g/mol. The maximum Gasteiger partial charge on any atom is 0.163 e. The molecule has 2 aromatic heterocycles. The zero-order valence-corrected chi connectivity index (χ0v) is 5.89. The van der Waals surface area contributed by atoms with Gasteiger partial charge in [0.05, 0.1) is 12.4 Å². The summed E-state index contributed by atoms with van der Waals surface area (Å²) in [7, 11) is 1.75. The van der Waals surface area contributed by atoms with Gasteiger partial charge in [-0.2, -0.15) is 0 Å². The number of hydrogen-bond donors (Lipinski definition) is 1. The van der Waals surface area contributed by atoms with Gasteiger partial charge in [-0.15, -0.1) is 5.10 Å². The van der Waals surface area contributed by atoms with E-state index in [1.54, 1.807) is 17.9 Å². The Morgan fingerprint density at radius 2 is 2.27 bits per heavy atom. The van der Waals surface area contributed by atoms with Crippen molar-refractivity contribution in [1.82, 2.24) is 20.0 Å². The van der Waals surface area contributed by atoms with Crippen LogP contribution in [0.2, 0.25) is 0 Å². The fourth-order valence-electron chi connectivity index (χ4n) is 0.931. The predicted molar refractivity (Wildman–Crippen MR) is 38.0 cm³/mol. The Morgan fingerprint density at radius 3 is 3.00 bits per heavy atom. The Labute approximate surface area is 62.3 Å². The van der Waals surface area contributed by atoms with E-state index in [4.69, 9.17) is 0 Å². The molecule has 2 heterocycles. The number of aryl methyl sites for hydroxylation is 1. The first kappa shape index (κ1) is 6.09. The van der Waals surface area contributed by atoms with Crippen LogP contribution in [-0.4, -0.2) is 25.1 Å². The van der Waals surface area contributed by atoms with Crippen LogP contribution >= 0.6 is 0 Å². The van der Waals surface area contributed by atoms with E-state index in [-0.39, 0.29) is 5.75 Å². The van der Waals surface area contributed by atoms with E-state index in [0.29, 0.717) is 5.52 Å². The van der Waals surface area contributed by atoms with E-state index in [9.17, 15) is 5.11 Å². The first-order valence-corrected chi connectivity index (χ1v) is 3.11. The predicted octanol–water partition coefficient (Wildman–Crippen LogP) is 0.0689. The molecule has 0 unspecified atom stereocenters. The van der Waals surface area contributed by atoms with Crippen molar-refractivity contribution >= 4 is 11.0 Å². The van der Waals surface area contributed by atoms with Gasteiger partial charge in [-0.3, -0.25) is 4.98 Å². The van der Waals surface area contributed by atoms with Gasteiger partial charge < -0.3 is 5.11 Å². The molecule has 2 rings (SSSR count). The van der Waals surface area contributed by atoms with Crippen LogP contribution in [0.3, 0.4) is 0 Å². The molecule has 5 heteroatoms. The van der Waals surface area contributed by atoms with Gasteiger partial charge in [0.15, 0.2) is 11.3 Å². The van der Waals surface area contributed by atoms with Crippen LogP contribution in [0, 0.1) is 0 Å². The molecule has 0 atom stereocenters. The van der Waals surface area contributed by atoms with Crippen LogP contribution in [0.4, 0.5) is 0 Å². The molecule has 0 aliphatic rings. The van der Waals surface area contributed by atoms with E-state index < -0.39 is 0 Å². The largest absolute Gasteiger partial charge is 0.504 e. The quantitative estimate of drug-likeness (QED) is 0.577. The molecular formula is C6H6N4O. The minimum atomic E-state index is 0.0654. The Hall–Kier alpha value is -1.65. The third-order valence-electron chi connectivity index (χ3n) is 1.51. The van der Waals surface area contributed by atoms with Crippen LogP contribution in [0.1, 0.15) is 0 Å². The first-order valence-electron chi connectivity index (χ1n) is 3.11. The van der Waals surface area contributed by atoms with Crippen molar-refractivity contribution in [3.8, 4) is 5.75 Å². The maximum atomic E-state index is 9.21. The normalized spacial score (nSPS) is 10.6. The number of hydrogen-bond acceptors (Lipinski definition) is 4.